The number of halogens is 2. The Kier molecular flexibility index (Phi) is 2.14. The highest BCUT2D eigenvalue weighted by atomic mass is 19.3. The van der Waals surface area contributed by atoms with Gasteiger partial charge in [0, 0.05) is 0 Å². The van der Waals surface area contributed by atoms with Crippen LogP contribution in [0.3, 0.4) is 0 Å². The molecule has 1 aromatic carbocycles. The largest absolute Gasteiger partial charge is 0.435 e. The van der Waals surface area contributed by atoms with Crippen LogP contribution in [0.25, 0.3) is 0 Å². The van der Waals surface area contributed by atoms with E-state index in [2.05, 4.69) is 4.74 Å². The van der Waals surface area contributed by atoms with Gasteiger partial charge in [0.1, 0.15) is 11.9 Å². The third-order valence-electron chi connectivity index (χ3n) is 1.81. The molecule has 1 aliphatic heterocycles. The van der Waals surface area contributed by atoms with Gasteiger partial charge in [0.25, 0.3) is 0 Å². The molecule has 0 N–H and O–H groups in total. The number of alkyl halides is 2. The molecule has 0 aliphatic carbocycles. The van der Waals surface area contributed by atoms with Crippen LogP contribution in [0.1, 0.15) is 11.7 Å². The molecule has 0 bridgehead atoms. The molecule has 70 valence electrons. The van der Waals surface area contributed by atoms with Gasteiger partial charge in [-0.2, -0.15) is 8.78 Å². The summed E-state index contributed by atoms with van der Waals surface area (Å²) in [5.74, 6) is 0.180. The van der Waals surface area contributed by atoms with E-state index in [-0.39, 0.29) is 11.9 Å². The third kappa shape index (κ3) is 2.15. The minimum absolute atomic E-state index is 0.153. The Morgan fingerprint density at radius 2 is 1.92 bits per heavy atom. The number of epoxide rings is 1. The van der Waals surface area contributed by atoms with E-state index in [1.54, 1.807) is 12.1 Å². The van der Waals surface area contributed by atoms with Gasteiger partial charge in [-0.1, -0.05) is 12.1 Å². The molecular weight excluding hydrogens is 178 g/mol. The predicted molar refractivity (Wildman–Crippen MR) is 41.8 cm³/mol. The highest BCUT2D eigenvalue weighted by Crippen LogP contribution is 2.30. The van der Waals surface area contributed by atoms with Crippen molar-refractivity contribution >= 4 is 0 Å². The molecule has 4 heteroatoms. The summed E-state index contributed by atoms with van der Waals surface area (Å²) in [7, 11) is 0. The topological polar surface area (TPSA) is 21.8 Å². The van der Waals surface area contributed by atoms with Gasteiger partial charge < -0.3 is 9.47 Å². The molecule has 0 aromatic heterocycles. The Morgan fingerprint density at radius 3 is 2.38 bits per heavy atom. The van der Waals surface area contributed by atoms with Gasteiger partial charge in [0.15, 0.2) is 0 Å². The standard InChI is InChI=1S/C9H8F2O2/c10-9(11)13-7-3-1-6(2-4-7)8-5-12-8/h1-4,8-9H,5H2. The number of benzene rings is 1. The monoisotopic (exact) mass is 186 g/mol. The second-order valence-electron chi connectivity index (χ2n) is 2.77. The Bertz CT molecular complexity index is 280. The van der Waals surface area contributed by atoms with Crippen molar-refractivity contribution in [3.63, 3.8) is 0 Å². The zero-order chi connectivity index (χ0) is 9.26. The fourth-order valence-electron chi connectivity index (χ4n) is 1.10. The van der Waals surface area contributed by atoms with E-state index in [1.165, 1.54) is 12.1 Å². The van der Waals surface area contributed by atoms with Crippen LogP contribution in [0.5, 0.6) is 5.75 Å². The highest BCUT2D eigenvalue weighted by Gasteiger charge is 2.24. The average molecular weight is 186 g/mol. The van der Waals surface area contributed by atoms with Crippen LogP contribution in [0.15, 0.2) is 24.3 Å². The van der Waals surface area contributed by atoms with E-state index in [0.29, 0.717) is 0 Å². The molecule has 1 aromatic rings. The molecule has 1 unspecified atom stereocenters. The molecule has 0 amide bonds. The minimum Gasteiger partial charge on any atom is -0.435 e. The van der Waals surface area contributed by atoms with Crippen molar-refractivity contribution in [3.05, 3.63) is 29.8 Å². The van der Waals surface area contributed by atoms with Crippen LogP contribution >= 0.6 is 0 Å². The first-order chi connectivity index (χ1) is 6.25. The van der Waals surface area contributed by atoms with Crippen molar-refractivity contribution in [2.45, 2.75) is 12.7 Å². The Labute approximate surface area is 74.1 Å². The van der Waals surface area contributed by atoms with E-state index >= 15 is 0 Å². The average Bonchev–Trinajstić information content (AvgIpc) is 2.87. The second kappa shape index (κ2) is 3.30. The molecule has 0 spiro atoms. The van der Waals surface area contributed by atoms with Crippen LogP contribution < -0.4 is 4.74 Å². The third-order valence-corrected chi connectivity index (χ3v) is 1.81. The lowest BCUT2D eigenvalue weighted by Crippen LogP contribution is -2.01. The first-order valence-electron chi connectivity index (χ1n) is 3.92. The lowest BCUT2D eigenvalue weighted by Gasteiger charge is -2.03. The summed E-state index contributed by atoms with van der Waals surface area (Å²) in [6.07, 6.45) is 0.153. The number of ether oxygens (including phenoxy) is 2. The molecule has 1 saturated heterocycles. The Balaban J connectivity index is 2.04. The first kappa shape index (κ1) is 8.44. The Hall–Kier alpha value is -1.16. The summed E-state index contributed by atoms with van der Waals surface area (Å²) < 4.78 is 32.7. The SMILES string of the molecule is FC(F)Oc1ccc(C2CO2)cc1. The summed E-state index contributed by atoms with van der Waals surface area (Å²) in [5.41, 5.74) is 1.00. The van der Waals surface area contributed by atoms with E-state index in [9.17, 15) is 8.78 Å². The normalized spacial score (nSPS) is 20.4. The first-order valence-corrected chi connectivity index (χ1v) is 3.92. The molecule has 1 fully saturated rings. The second-order valence-corrected chi connectivity index (χ2v) is 2.77. The van der Waals surface area contributed by atoms with Gasteiger partial charge in [-0.25, -0.2) is 0 Å². The van der Waals surface area contributed by atoms with E-state index in [4.69, 9.17) is 4.74 Å². The van der Waals surface area contributed by atoms with Crippen LogP contribution in [-0.4, -0.2) is 13.2 Å². The van der Waals surface area contributed by atoms with E-state index in [0.717, 1.165) is 12.2 Å². The molecule has 13 heavy (non-hydrogen) atoms. The maximum atomic E-state index is 11.7. The van der Waals surface area contributed by atoms with Crippen molar-refractivity contribution in [2.24, 2.45) is 0 Å². The summed E-state index contributed by atoms with van der Waals surface area (Å²) in [4.78, 5) is 0. The van der Waals surface area contributed by atoms with Crippen LogP contribution in [0.2, 0.25) is 0 Å². The molecule has 2 nitrogen and oxygen atoms in total. The van der Waals surface area contributed by atoms with E-state index < -0.39 is 6.61 Å². The van der Waals surface area contributed by atoms with Crippen molar-refractivity contribution in [1.29, 1.82) is 0 Å². The van der Waals surface area contributed by atoms with Crippen molar-refractivity contribution < 1.29 is 18.3 Å². The van der Waals surface area contributed by atoms with Gasteiger partial charge in [-0.05, 0) is 17.7 Å². The molecule has 2 rings (SSSR count). The lowest BCUT2D eigenvalue weighted by molar-refractivity contribution is -0.0498. The summed E-state index contributed by atoms with van der Waals surface area (Å²) in [6.45, 7) is -2.04. The highest BCUT2D eigenvalue weighted by molar-refractivity contribution is 5.29. The molecule has 1 atom stereocenters. The Morgan fingerprint density at radius 1 is 1.31 bits per heavy atom. The maximum Gasteiger partial charge on any atom is 0.387 e. The molecule has 1 aliphatic rings. The van der Waals surface area contributed by atoms with Crippen molar-refractivity contribution in [2.75, 3.05) is 6.61 Å². The maximum absolute atomic E-state index is 11.7. The number of hydrogen-bond donors (Lipinski definition) is 0. The summed E-state index contributed by atoms with van der Waals surface area (Å²) in [6, 6.07) is 6.50. The fourth-order valence-corrected chi connectivity index (χ4v) is 1.10. The van der Waals surface area contributed by atoms with Crippen molar-refractivity contribution in [3.8, 4) is 5.75 Å². The van der Waals surface area contributed by atoms with Crippen LogP contribution in [0.4, 0.5) is 8.78 Å². The smallest absolute Gasteiger partial charge is 0.387 e. The van der Waals surface area contributed by atoms with Gasteiger partial charge >= 0.3 is 6.61 Å². The summed E-state index contributed by atoms with van der Waals surface area (Å²) >= 11 is 0. The summed E-state index contributed by atoms with van der Waals surface area (Å²) in [5, 5.41) is 0. The van der Waals surface area contributed by atoms with Gasteiger partial charge in [-0.3, -0.25) is 0 Å². The lowest BCUT2D eigenvalue weighted by atomic mass is 10.2. The van der Waals surface area contributed by atoms with Crippen molar-refractivity contribution in [1.82, 2.24) is 0 Å². The van der Waals surface area contributed by atoms with E-state index in [1.807, 2.05) is 0 Å². The zero-order valence-corrected chi connectivity index (χ0v) is 6.74. The quantitative estimate of drug-likeness (QED) is 0.676. The van der Waals surface area contributed by atoms with Gasteiger partial charge in [0.05, 0.1) is 6.61 Å². The molecule has 0 saturated carbocycles. The fraction of sp³-hybridized carbons (Fsp3) is 0.333. The molecule has 1 heterocycles. The number of hydrogen-bond acceptors (Lipinski definition) is 2. The number of rotatable bonds is 3. The van der Waals surface area contributed by atoms with Gasteiger partial charge in [-0.15, -0.1) is 0 Å². The molecular formula is C9H8F2O2. The zero-order valence-electron chi connectivity index (χ0n) is 6.74. The molecule has 0 radical (unpaired) electrons. The van der Waals surface area contributed by atoms with Crippen LogP contribution in [-0.2, 0) is 4.74 Å². The predicted octanol–water partition coefficient (Wildman–Crippen LogP) is 2.36. The van der Waals surface area contributed by atoms with Gasteiger partial charge in [0.2, 0.25) is 0 Å². The van der Waals surface area contributed by atoms with Crippen LogP contribution in [0, 0.1) is 0 Å². The minimum atomic E-state index is -2.76.